The Morgan fingerprint density at radius 1 is 1.11 bits per heavy atom. The minimum atomic E-state index is 0.492. The lowest BCUT2D eigenvalue weighted by Crippen LogP contribution is -1.99. The first-order valence-corrected chi connectivity index (χ1v) is 6.50. The van der Waals surface area contributed by atoms with E-state index in [1.807, 2.05) is 49.4 Å². The normalized spacial score (nSPS) is 10.2. The molecule has 0 amide bonds. The lowest BCUT2D eigenvalue weighted by Gasteiger charge is -2.11. The molecule has 0 aromatic heterocycles. The number of methoxy groups -OCH3 is 1. The highest BCUT2D eigenvalue weighted by molar-refractivity contribution is 9.10. The van der Waals surface area contributed by atoms with Crippen molar-refractivity contribution in [2.45, 2.75) is 13.5 Å². The first-order valence-electron chi connectivity index (χ1n) is 5.71. The van der Waals surface area contributed by atoms with Crippen LogP contribution >= 0.6 is 15.9 Å². The van der Waals surface area contributed by atoms with Crippen molar-refractivity contribution in [3.8, 4) is 11.5 Å². The third-order valence-electron chi connectivity index (χ3n) is 2.63. The van der Waals surface area contributed by atoms with Crippen molar-refractivity contribution in [2.75, 3.05) is 7.11 Å². The third kappa shape index (κ3) is 3.26. The molecule has 0 spiro atoms. The SMILES string of the molecule is COc1ccc(Br)cc1COc1cccc(C)c1. The molecule has 0 unspecified atom stereocenters. The molecule has 94 valence electrons. The van der Waals surface area contributed by atoms with Crippen LogP contribution in [-0.4, -0.2) is 7.11 Å². The fourth-order valence-electron chi connectivity index (χ4n) is 1.73. The van der Waals surface area contributed by atoms with Crippen molar-refractivity contribution in [3.63, 3.8) is 0 Å². The average molecular weight is 307 g/mol. The van der Waals surface area contributed by atoms with Gasteiger partial charge < -0.3 is 9.47 Å². The first-order chi connectivity index (χ1) is 8.69. The van der Waals surface area contributed by atoms with Gasteiger partial charge in [0.1, 0.15) is 18.1 Å². The van der Waals surface area contributed by atoms with E-state index in [1.54, 1.807) is 7.11 Å². The van der Waals surface area contributed by atoms with E-state index in [2.05, 4.69) is 15.9 Å². The largest absolute Gasteiger partial charge is 0.496 e. The van der Waals surface area contributed by atoms with Crippen molar-refractivity contribution in [2.24, 2.45) is 0 Å². The zero-order valence-corrected chi connectivity index (χ0v) is 12.0. The number of aryl methyl sites for hydroxylation is 1. The zero-order chi connectivity index (χ0) is 13.0. The van der Waals surface area contributed by atoms with E-state index in [4.69, 9.17) is 9.47 Å². The second-order valence-corrected chi connectivity index (χ2v) is 4.98. The van der Waals surface area contributed by atoms with E-state index < -0.39 is 0 Å². The van der Waals surface area contributed by atoms with Gasteiger partial charge >= 0.3 is 0 Å². The van der Waals surface area contributed by atoms with Crippen LogP contribution in [0.1, 0.15) is 11.1 Å². The maximum atomic E-state index is 5.77. The van der Waals surface area contributed by atoms with Gasteiger partial charge in [0.15, 0.2) is 0 Å². The highest BCUT2D eigenvalue weighted by Gasteiger charge is 2.04. The van der Waals surface area contributed by atoms with Crippen LogP contribution in [0.25, 0.3) is 0 Å². The van der Waals surface area contributed by atoms with Gasteiger partial charge in [-0.25, -0.2) is 0 Å². The van der Waals surface area contributed by atoms with Crippen LogP contribution < -0.4 is 9.47 Å². The molecule has 0 atom stereocenters. The van der Waals surface area contributed by atoms with Crippen molar-refractivity contribution < 1.29 is 9.47 Å². The number of halogens is 1. The van der Waals surface area contributed by atoms with E-state index in [-0.39, 0.29) is 0 Å². The van der Waals surface area contributed by atoms with Gasteiger partial charge in [0.25, 0.3) is 0 Å². The molecule has 0 aliphatic heterocycles. The van der Waals surface area contributed by atoms with E-state index in [1.165, 1.54) is 5.56 Å². The molecule has 18 heavy (non-hydrogen) atoms. The van der Waals surface area contributed by atoms with Crippen molar-refractivity contribution in [1.29, 1.82) is 0 Å². The molecule has 0 N–H and O–H groups in total. The lowest BCUT2D eigenvalue weighted by molar-refractivity contribution is 0.296. The van der Waals surface area contributed by atoms with Gasteiger partial charge in [0.05, 0.1) is 7.11 Å². The van der Waals surface area contributed by atoms with Gasteiger partial charge in [-0.15, -0.1) is 0 Å². The van der Waals surface area contributed by atoms with Gasteiger partial charge in [-0.3, -0.25) is 0 Å². The van der Waals surface area contributed by atoms with Gasteiger partial charge in [-0.05, 0) is 42.8 Å². The predicted octanol–water partition coefficient (Wildman–Crippen LogP) is 4.35. The Bertz CT molecular complexity index is 538. The number of ether oxygens (including phenoxy) is 2. The van der Waals surface area contributed by atoms with E-state index in [0.29, 0.717) is 6.61 Å². The molecule has 0 bridgehead atoms. The summed E-state index contributed by atoms with van der Waals surface area (Å²) < 4.78 is 12.1. The fourth-order valence-corrected chi connectivity index (χ4v) is 2.13. The molecular formula is C15H15BrO2. The summed E-state index contributed by atoms with van der Waals surface area (Å²) in [7, 11) is 1.67. The molecule has 0 aliphatic rings. The summed E-state index contributed by atoms with van der Waals surface area (Å²) in [5.41, 5.74) is 2.21. The smallest absolute Gasteiger partial charge is 0.125 e. The fraction of sp³-hybridized carbons (Fsp3) is 0.200. The molecule has 2 aromatic rings. The summed E-state index contributed by atoms with van der Waals surface area (Å²) in [4.78, 5) is 0. The van der Waals surface area contributed by atoms with Crippen LogP contribution in [0.4, 0.5) is 0 Å². The molecule has 0 fully saturated rings. The van der Waals surface area contributed by atoms with Crippen molar-refractivity contribution >= 4 is 15.9 Å². The van der Waals surface area contributed by atoms with Gasteiger partial charge in [0.2, 0.25) is 0 Å². The van der Waals surface area contributed by atoms with Crippen LogP contribution in [0.5, 0.6) is 11.5 Å². The van der Waals surface area contributed by atoms with Crippen LogP contribution in [0.2, 0.25) is 0 Å². The summed E-state index contributed by atoms with van der Waals surface area (Å²) in [6.45, 7) is 2.54. The predicted molar refractivity (Wildman–Crippen MR) is 76.2 cm³/mol. The van der Waals surface area contributed by atoms with Crippen LogP contribution in [0.3, 0.4) is 0 Å². The Hall–Kier alpha value is -1.48. The Kier molecular flexibility index (Phi) is 4.26. The summed E-state index contributed by atoms with van der Waals surface area (Å²) in [6, 6.07) is 13.9. The Morgan fingerprint density at radius 2 is 1.94 bits per heavy atom. The van der Waals surface area contributed by atoms with Crippen molar-refractivity contribution in [1.82, 2.24) is 0 Å². The molecule has 0 heterocycles. The van der Waals surface area contributed by atoms with Crippen LogP contribution in [0, 0.1) is 6.92 Å². The highest BCUT2D eigenvalue weighted by atomic mass is 79.9. The molecule has 0 aliphatic carbocycles. The summed E-state index contributed by atoms with van der Waals surface area (Å²) in [5.74, 6) is 1.71. The quantitative estimate of drug-likeness (QED) is 0.836. The van der Waals surface area contributed by atoms with Crippen LogP contribution in [-0.2, 0) is 6.61 Å². The minimum absolute atomic E-state index is 0.492. The maximum Gasteiger partial charge on any atom is 0.125 e. The van der Waals surface area contributed by atoms with E-state index in [9.17, 15) is 0 Å². The number of hydrogen-bond acceptors (Lipinski definition) is 2. The highest BCUT2D eigenvalue weighted by Crippen LogP contribution is 2.24. The van der Waals surface area contributed by atoms with Gasteiger partial charge in [-0.1, -0.05) is 28.1 Å². The second kappa shape index (κ2) is 5.91. The Morgan fingerprint density at radius 3 is 2.67 bits per heavy atom. The molecule has 2 rings (SSSR count). The van der Waals surface area contributed by atoms with Gasteiger partial charge in [0, 0.05) is 10.0 Å². The molecule has 0 radical (unpaired) electrons. The summed E-state index contributed by atoms with van der Waals surface area (Å²) in [6.07, 6.45) is 0. The average Bonchev–Trinajstić information content (AvgIpc) is 2.37. The van der Waals surface area contributed by atoms with E-state index >= 15 is 0 Å². The topological polar surface area (TPSA) is 18.5 Å². The molecule has 0 saturated carbocycles. The maximum absolute atomic E-state index is 5.77. The summed E-state index contributed by atoms with van der Waals surface area (Å²) >= 11 is 3.45. The molecule has 0 saturated heterocycles. The van der Waals surface area contributed by atoms with Crippen molar-refractivity contribution in [3.05, 3.63) is 58.1 Å². The molecule has 3 heteroatoms. The molecule has 2 aromatic carbocycles. The number of hydrogen-bond donors (Lipinski definition) is 0. The molecule has 2 nitrogen and oxygen atoms in total. The molecular weight excluding hydrogens is 292 g/mol. The lowest BCUT2D eigenvalue weighted by atomic mass is 10.2. The number of benzene rings is 2. The number of rotatable bonds is 4. The van der Waals surface area contributed by atoms with Crippen LogP contribution in [0.15, 0.2) is 46.9 Å². The first kappa shape index (κ1) is 13.0. The Labute approximate surface area is 116 Å². The standard InChI is InChI=1S/C15H15BrO2/c1-11-4-3-5-14(8-11)18-10-12-9-13(16)6-7-15(12)17-2/h3-9H,10H2,1-2H3. The zero-order valence-electron chi connectivity index (χ0n) is 10.4. The summed E-state index contributed by atoms with van der Waals surface area (Å²) in [5, 5.41) is 0. The van der Waals surface area contributed by atoms with Gasteiger partial charge in [-0.2, -0.15) is 0 Å². The monoisotopic (exact) mass is 306 g/mol. The third-order valence-corrected chi connectivity index (χ3v) is 3.12. The minimum Gasteiger partial charge on any atom is -0.496 e. The second-order valence-electron chi connectivity index (χ2n) is 4.06. The van der Waals surface area contributed by atoms with E-state index in [0.717, 1.165) is 21.5 Å². The Balaban J connectivity index is 2.12.